The summed E-state index contributed by atoms with van der Waals surface area (Å²) in [5.74, 6) is 0.479. The number of likely N-dealkylation sites (tertiary alicyclic amines) is 1. The zero-order valence-corrected chi connectivity index (χ0v) is 12.1. The van der Waals surface area contributed by atoms with Crippen LogP contribution in [0.1, 0.15) is 16.8 Å². The van der Waals surface area contributed by atoms with Gasteiger partial charge in [-0.15, -0.1) is 0 Å². The number of hydrogen-bond acceptors (Lipinski definition) is 3. The van der Waals surface area contributed by atoms with E-state index in [1.54, 1.807) is 19.2 Å². The fraction of sp³-hybridized carbons (Fsp3) is 0.500. The van der Waals surface area contributed by atoms with Gasteiger partial charge in [-0.3, -0.25) is 4.79 Å². The summed E-state index contributed by atoms with van der Waals surface area (Å²) in [6.07, 6.45) is 1.14. The van der Waals surface area contributed by atoms with Gasteiger partial charge in [-0.25, -0.2) is 0 Å². The van der Waals surface area contributed by atoms with Crippen molar-refractivity contribution in [1.82, 2.24) is 10.2 Å². The molecule has 0 saturated carbocycles. The van der Waals surface area contributed by atoms with Crippen LogP contribution in [0.15, 0.2) is 18.2 Å². The average molecular weight is 282 g/mol. The van der Waals surface area contributed by atoms with Crippen LogP contribution >= 0.6 is 11.6 Å². The van der Waals surface area contributed by atoms with E-state index >= 15 is 0 Å². The standard InChI is InChI=1S/C14H20ClN3O/c1-16-13-4-3-11(15)7-12(13)14(19)17-8-10-5-6-18(2)9-10/h3-4,7,10,16H,5-6,8-9H2,1-2H3,(H,17,19). The molecule has 0 spiro atoms. The van der Waals surface area contributed by atoms with Crippen molar-refractivity contribution in [2.75, 3.05) is 39.0 Å². The lowest BCUT2D eigenvalue weighted by atomic mass is 10.1. The highest BCUT2D eigenvalue weighted by molar-refractivity contribution is 6.31. The minimum atomic E-state index is -0.0681. The number of carbonyl (C=O) groups is 1. The van der Waals surface area contributed by atoms with Gasteiger partial charge in [-0.1, -0.05) is 11.6 Å². The van der Waals surface area contributed by atoms with Gasteiger partial charge in [0.25, 0.3) is 5.91 Å². The maximum absolute atomic E-state index is 12.2. The van der Waals surface area contributed by atoms with Crippen LogP contribution in [0, 0.1) is 5.92 Å². The molecule has 0 radical (unpaired) electrons. The first-order chi connectivity index (χ1) is 9.10. The van der Waals surface area contributed by atoms with Crippen molar-refractivity contribution in [2.45, 2.75) is 6.42 Å². The number of hydrogen-bond donors (Lipinski definition) is 2. The van der Waals surface area contributed by atoms with Gasteiger partial charge in [0.05, 0.1) is 5.56 Å². The monoisotopic (exact) mass is 281 g/mol. The van der Waals surface area contributed by atoms with Gasteiger partial charge in [-0.05, 0) is 44.1 Å². The van der Waals surface area contributed by atoms with Crippen molar-refractivity contribution < 1.29 is 4.79 Å². The minimum Gasteiger partial charge on any atom is -0.387 e. The van der Waals surface area contributed by atoms with E-state index in [0.29, 0.717) is 16.5 Å². The molecule has 0 aromatic heterocycles. The highest BCUT2D eigenvalue weighted by atomic mass is 35.5. The second-order valence-electron chi connectivity index (χ2n) is 5.07. The van der Waals surface area contributed by atoms with Crippen molar-refractivity contribution >= 4 is 23.2 Å². The Bertz CT molecular complexity index is 464. The zero-order valence-electron chi connectivity index (χ0n) is 11.4. The second kappa shape index (κ2) is 6.26. The molecule has 0 aliphatic carbocycles. The van der Waals surface area contributed by atoms with Gasteiger partial charge in [0.15, 0.2) is 0 Å². The van der Waals surface area contributed by atoms with Crippen molar-refractivity contribution in [3.05, 3.63) is 28.8 Å². The Balaban J connectivity index is 1.97. The average Bonchev–Trinajstić information content (AvgIpc) is 2.81. The van der Waals surface area contributed by atoms with E-state index in [2.05, 4.69) is 22.6 Å². The number of carbonyl (C=O) groups excluding carboxylic acids is 1. The summed E-state index contributed by atoms with van der Waals surface area (Å²) >= 11 is 5.95. The van der Waals surface area contributed by atoms with Crippen LogP contribution < -0.4 is 10.6 Å². The molecule has 1 amide bonds. The van der Waals surface area contributed by atoms with E-state index in [4.69, 9.17) is 11.6 Å². The fourth-order valence-electron chi connectivity index (χ4n) is 2.45. The molecule has 0 bridgehead atoms. The largest absolute Gasteiger partial charge is 0.387 e. The van der Waals surface area contributed by atoms with Gasteiger partial charge in [0.1, 0.15) is 0 Å². The molecule has 1 saturated heterocycles. The normalized spacial score (nSPS) is 19.4. The zero-order chi connectivity index (χ0) is 13.8. The lowest BCUT2D eigenvalue weighted by Gasteiger charge is -2.13. The molecule has 1 aromatic rings. The number of rotatable bonds is 4. The smallest absolute Gasteiger partial charge is 0.253 e. The van der Waals surface area contributed by atoms with Gasteiger partial charge in [-0.2, -0.15) is 0 Å². The number of halogens is 1. The van der Waals surface area contributed by atoms with Gasteiger partial charge >= 0.3 is 0 Å². The Morgan fingerprint density at radius 3 is 2.95 bits per heavy atom. The molecular formula is C14H20ClN3O. The number of nitrogens with one attached hydrogen (secondary N) is 2. The van der Waals surface area contributed by atoms with E-state index in [9.17, 15) is 4.79 Å². The summed E-state index contributed by atoms with van der Waals surface area (Å²) in [6, 6.07) is 5.29. The van der Waals surface area contributed by atoms with Crippen LogP contribution in [-0.4, -0.2) is 44.5 Å². The molecule has 5 heteroatoms. The van der Waals surface area contributed by atoms with Gasteiger partial charge < -0.3 is 15.5 Å². The minimum absolute atomic E-state index is 0.0681. The maximum atomic E-state index is 12.2. The van der Waals surface area contributed by atoms with Crippen molar-refractivity contribution in [2.24, 2.45) is 5.92 Å². The Morgan fingerprint density at radius 1 is 1.53 bits per heavy atom. The molecular weight excluding hydrogens is 262 g/mol. The molecule has 1 aliphatic heterocycles. The van der Waals surface area contributed by atoms with Gasteiger partial charge in [0.2, 0.25) is 0 Å². The van der Waals surface area contributed by atoms with Crippen molar-refractivity contribution in [3.63, 3.8) is 0 Å². The van der Waals surface area contributed by atoms with E-state index in [1.807, 2.05) is 6.07 Å². The molecule has 19 heavy (non-hydrogen) atoms. The number of amides is 1. The molecule has 1 unspecified atom stereocenters. The summed E-state index contributed by atoms with van der Waals surface area (Å²) in [5, 5.41) is 6.58. The Hall–Kier alpha value is -1.26. The van der Waals surface area contributed by atoms with E-state index < -0.39 is 0 Å². The molecule has 4 nitrogen and oxygen atoms in total. The molecule has 1 aliphatic rings. The van der Waals surface area contributed by atoms with Gasteiger partial charge in [0, 0.05) is 30.8 Å². The lowest BCUT2D eigenvalue weighted by Crippen LogP contribution is -2.30. The number of anilines is 1. The highest BCUT2D eigenvalue weighted by Gasteiger charge is 2.20. The molecule has 1 aromatic carbocycles. The molecule has 1 atom stereocenters. The SMILES string of the molecule is CNc1ccc(Cl)cc1C(=O)NCC1CCN(C)C1. The Labute approximate surface area is 119 Å². The van der Waals surface area contributed by atoms with Crippen LogP contribution in [0.3, 0.4) is 0 Å². The topological polar surface area (TPSA) is 44.4 Å². The molecule has 1 heterocycles. The molecule has 1 fully saturated rings. The van der Waals surface area contributed by atoms with Crippen molar-refractivity contribution in [3.8, 4) is 0 Å². The van der Waals surface area contributed by atoms with E-state index in [-0.39, 0.29) is 5.91 Å². The van der Waals surface area contributed by atoms with E-state index in [1.165, 1.54) is 0 Å². The third-order valence-corrected chi connectivity index (χ3v) is 3.77. The third kappa shape index (κ3) is 3.61. The van der Waals surface area contributed by atoms with Crippen LogP contribution in [0.4, 0.5) is 5.69 Å². The highest BCUT2D eigenvalue weighted by Crippen LogP contribution is 2.20. The maximum Gasteiger partial charge on any atom is 0.253 e. The van der Waals surface area contributed by atoms with Crippen LogP contribution in [0.2, 0.25) is 5.02 Å². The summed E-state index contributed by atoms with van der Waals surface area (Å²) in [6.45, 7) is 2.88. The first-order valence-corrected chi connectivity index (χ1v) is 6.92. The fourth-order valence-corrected chi connectivity index (χ4v) is 2.62. The third-order valence-electron chi connectivity index (χ3n) is 3.54. The number of nitrogens with zero attached hydrogens (tertiary/aromatic N) is 1. The quantitative estimate of drug-likeness (QED) is 0.888. The lowest BCUT2D eigenvalue weighted by molar-refractivity contribution is 0.0948. The second-order valence-corrected chi connectivity index (χ2v) is 5.50. The molecule has 104 valence electrons. The van der Waals surface area contributed by atoms with Crippen LogP contribution in [0.5, 0.6) is 0 Å². The van der Waals surface area contributed by atoms with Crippen LogP contribution in [-0.2, 0) is 0 Å². The van der Waals surface area contributed by atoms with Crippen LogP contribution in [0.25, 0.3) is 0 Å². The first-order valence-electron chi connectivity index (χ1n) is 6.54. The Kier molecular flexibility index (Phi) is 4.66. The van der Waals surface area contributed by atoms with E-state index in [0.717, 1.165) is 31.7 Å². The first kappa shape index (κ1) is 14.2. The molecule has 2 rings (SSSR count). The summed E-state index contributed by atoms with van der Waals surface area (Å²) in [5.41, 5.74) is 1.40. The molecule has 2 N–H and O–H groups in total. The Morgan fingerprint density at radius 2 is 2.32 bits per heavy atom. The number of benzene rings is 1. The predicted octanol–water partition coefficient (Wildman–Crippen LogP) is 2.06. The predicted molar refractivity (Wildman–Crippen MR) is 78.9 cm³/mol. The summed E-state index contributed by atoms with van der Waals surface area (Å²) in [4.78, 5) is 14.5. The summed E-state index contributed by atoms with van der Waals surface area (Å²) < 4.78 is 0. The summed E-state index contributed by atoms with van der Waals surface area (Å²) in [7, 11) is 3.91. The van der Waals surface area contributed by atoms with Crippen molar-refractivity contribution in [1.29, 1.82) is 0 Å².